The fourth-order valence-electron chi connectivity index (χ4n) is 1.86. The van der Waals surface area contributed by atoms with Crippen molar-refractivity contribution in [3.63, 3.8) is 0 Å². The predicted octanol–water partition coefficient (Wildman–Crippen LogP) is -0.716. The number of nitrogens with one attached hydrogen (secondary N) is 1. The molecule has 100 valence electrons. The van der Waals surface area contributed by atoms with Crippen LogP contribution in [0.15, 0.2) is 10.9 Å². The van der Waals surface area contributed by atoms with E-state index in [4.69, 9.17) is 0 Å². The summed E-state index contributed by atoms with van der Waals surface area (Å²) < 4.78 is 26.1. The highest BCUT2D eigenvalue weighted by atomic mass is 32.2. The molecule has 0 bridgehead atoms. The van der Waals surface area contributed by atoms with Gasteiger partial charge in [0.15, 0.2) is 0 Å². The van der Waals surface area contributed by atoms with E-state index in [1.807, 2.05) is 0 Å². The van der Waals surface area contributed by atoms with Crippen LogP contribution in [-0.2, 0) is 10.2 Å². The molecule has 1 aromatic rings. The number of nitrogens with zero attached hydrogens (tertiary/aromatic N) is 3. The lowest BCUT2D eigenvalue weighted by Gasteiger charge is -2.38. The Labute approximate surface area is 106 Å². The van der Waals surface area contributed by atoms with Gasteiger partial charge >= 0.3 is 0 Å². The average Bonchev–Trinajstić information content (AvgIpc) is 2.12. The lowest BCUT2D eigenvalue weighted by Crippen LogP contribution is -2.52. The van der Waals surface area contributed by atoms with E-state index >= 15 is 0 Å². The van der Waals surface area contributed by atoms with Crippen LogP contribution in [0.1, 0.15) is 17.4 Å². The smallest absolute Gasteiger partial charge is 0.281 e. The van der Waals surface area contributed by atoms with Gasteiger partial charge in [0, 0.05) is 39.2 Å². The standard InChI is InChI=1S/C10H16N4O3S/c1-7-11-9(4-10(15)12-7)8-5-14(6-8)18(16,17)13(2)3/h4,8H,5-6H2,1-3H3,(H,11,12,15). The van der Waals surface area contributed by atoms with E-state index in [1.165, 1.54) is 28.8 Å². The molecule has 1 N–H and O–H groups in total. The van der Waals surface area contributed by atoms with Crippen LogP contribution >= 0.6 is 0 Å². The molecule has 8 heteroatoms. The van der Waals surface area contributed by atoms with Gasteiger partial charge in [-0.25, -0.2) is 4.98 Å². The van der Waals surface area contributed by atoms with Gasteiger partial charge < -0.3 is 4.98 Å². The maximum absolute atomic E-state index is 11.8. The molecule has 2 heterocycles. The zero-order valence-corrected chi connectivity index (χ0v) is 11.4. The van der Waals surface area contributed by atoms with Crippen LogP contribution in [0.25, 0.3) is 0 Å². The molecular formula is C10H16N4O3S. The third-order valence-electron chi connectivity index (χ3n) is 2.93. The Morgan fingerprint density at radius 3 is 2.56 bits per heavy atom. The van der Waals surface area contributed by atoms with Crippen molar-refractivity contribution >= 4 is 10.2 Å². The Morgan fingerprint density at radius 2 is 2.06 bits per heavy atom. The highest BCUT2D eigenvalue weighted by Crippen LogP contribution is 2.27. The zero-order valence-electron chi connectivity index (χ0n) is 10.5. The van der Waals surface area contributed by atoms with Crippen LogP contribution in [0.5, 0.6) is 0 Å². The second-order valence-electron chi connectivity index (χ2n) is 4.56. The van der Waals surface area contributed by atoms with E-state index < -0.39 is 10.2 Å². The lowest BCUT2D eigenvalue weighted by atomic mass is 9.99. The van der Waals surface area contributed by atoms with Crippen LogP contribution in [0.3, 0.4) is 0 Å². The molecule has 1 saturated heterocycles. The summed E-state index contributed by atoms with van der Waals surface area (Å²) in [5, 5.41) is 0. The fraction of sp³-hybridized carbons (Fsp3) is 0.600. The minimum atomic E-state index is -3.35. The summed E-state index contributed by atoms with van der Waals surface area (Å²) in [5.74, 6) is 0.548. The number of H-pyrrole nitrogens is 1. The maximum atomic E-state index is 11.8. The third kappa shape index (κ3) is 2.31. The van der Waals surface area contributed by atoms with E-state index in [0.717, 1.165) is 0 Å². The monoisotopic (exact) mass is 272 g/mol. The Bertz CT molecular complexity index is 602. The normalized spacial score (nSPS) is 18.0. The molecule has 18 heavy (non-hydrogen) atoms. The van der Waals surface area contributed by atoms with E-state index in [2.05, 4.69) is 9.97 Å². The average molecular weight is 272 g/mol. The van der Waals surface area contributed by atoms with Crippen LogP contribution < -0.4 is 5.56 Å². The number of rotatable bonds is 3. The SMILES string of the molecule is Cc1nc(C2CN(S(=O)(=O)N(C)C)C2)cc(=O)[nH]1. The largest absolute Gasteiger partial charge is 0.311 e. The topological polar surface area (TPSA) is 86.4 Å². The zero-order chi connectivity index (χ0) is 13.5. The molecule has 0 radical (unpaired) electrons. The second kappa shape index (κ2) is 4.45. The minimum Gasteiger partial charge on any atom is -0.311 e. The molecule has 1 aromatic heterocycles. The molecule has 0 atom stereocenters. The number of aromatic nitrogens is 2. The molecule has 0 saturated carbocycles. The first-order valence-corrected chi connectivity index (χ1v) is 6.96. The predicted molar refractivity (Wildman–Crippen MR) is 66.5 cm³/mol. The minimum absolute atomic E-state index is 0.000671. The fourth-order valence-corrected chi connectivity index (χ4v) is 3.05. The Kier molecular flexibility index (Phi) is 3.26. The van der Waals surface area contributed by atoms with Crippen LogP contribution in [0, 0.1) is 6.92 Å². The van der Waals surface area contributed by atoms with Crippen molar-refractivity contribution in [3.05, 3.63) is 27.9 Å². The summed E-state index contributed by atoms with van der Waals surface area (Å²) in [6.45, 7) is 2.45. The Morgan fingerprint density at radius 1 is 1.44 bits per heavy atom. The van der Waals surface area contributed by atoms with E-state index in [-0.39, 0.29) is 11.5 Å². The van der Waals surface area contributed by atoms with E-state index in [9.17, 15) is 13.2 Å². The quantitative estimate of drug-likeness (QED) is 0.787. The summed E-state index contributed by atoms with van der Waals surface area (Å²) in [4.78, 5) is 18.1. The van der Waals surface area contributed by atoms with Gasteiger partial charge in [-0.3, -0.25) is 4.79 Å². The third-order valence-corrected chi connectivity index (χ3v) is 4.81. The number of aryl methyl sites for hydroxylation is 1. The van der Waals surface area contributed by atoms with Gasteiger partial charge in [0.05, 0.1) is 5.69 Å². The van der Waals surface area contributed by atoms with Crippen molar-refractivity contribution in [2.24, 2.45) is 0 Å². The Balaban J connectivity index is 2.12. The van der Waals surface area contributed by atoms with Crippen molar-refractivity contribution in [1.29, 1.82) is 0 Å². The summed E-state index contributed by atoms with van der Waals surface area (Å²) in [7, 11) is -0.352. The summed E-state index contributed by atoms with van der Waals surface area (Å²) in [5.41, 5.74) is 0.452. The van der Waals surface area contributed by atoms with Crippen molar-refractivity contribution in [1.82, 2.24) is 18.6 Å². The van der Waals surface area contributed by atoms with Crippen molar-refractivity contribution in [2.75, 3.05) is 27.2 Å². The van der Waals surface area contributed by atoms with E-state index in [1.54, 1.807) is 6.92 Å². The first-order chi connectivity index (χ1) is 8.30. The number of hydrogen-bond donors (Lipinski definition) is 1. The van der Waals surface area contributed by atoms with Gasteiger partial charge in [0.25, 0.3) is 15.8 Å². The van der Waals surface area contributed by atoms with Gasteiger partial charge in [-0.15, -0.1) is 0 Å². The van der Waals surface area contributed by atoms with Crippen molar-refractivity contribution in [3.8, 4) is 0 Å². The summed E-state index contributed by atoms with van der Waals surface area (Å²) in [6.07, 6.45) is 0. The van der Waals surface area contributed by atoms with Gasteiger partial charge in [0.1, 0.15) is 5.82 Å². The summed E-state index contributed by atoms with van der Waals surface area (Å²) in [6, 6.07) is 1.43. The first kappa shape index (κ1) is 13.2. The van der Waals surface area contributed by atoms with Gasteiger partial charge in [-0.2, -0.15) is 17.0 Å². The molecule has 2 rings (SSSR count). The van der Waals surface area contributed by atoms with Crippen LogP contribution in [-0.4, -0.2) is 54.2 Å². The van der Waals surface area contributed by atoms with Crippen molar-refractivity contribution < 1.29 is 8.42 Å². The van der Waals surface area contributed by atoms with E-state index in [0.29, 0.717) is 24.6 Å². The van der Waals surface area contributed by atoms with Gasteiger partial charge in [0.2, 0.25) is 0 Å². The maximum Gasteiger partial charge on any atom is 0.281 e. The van der Waals surface area contributed by atoms with Crippen LogP contribution in [0.2, 0.25) is 0 Å². The molecule has 0 aromatic carbocycles. The summed E-state index contributed by atoms with van der Waals surface area (Å²) >= 11 is 0. The molecule has 7 nitrogen and oxygen atoms in total. The van der Waals surface area contributed by atoms with Crippen molar-refractivity contribution in [2.45, 2.75) is 12.8 Å². The number of hydrogen-bond acceptors (Lipinski definition) is 4. The molecule has 1 fully saturated rings. The molecule has 0 aliphatic carbocycles. The highest BCUT2D eigenvalue weighted by Gasteiger charge is 2.38. The highest BCUT2D eigenvalue weighted by molar-refractivity contribution is 7.86. The van der Waals surface area contributed by atoms with Gasteiger partial charge in [-0.1, -0.05) is 0 Å². The second-order valence-corrected chi connectivity index (χ2v) is 6.70. The molecule has 0 amide bonds. The Hall–Kier alpha value is -1.25. The molecule has 0 spiro atoms. The van der Waals surface area contributed by atoms with Gasteiger partial charge in [-0.05, 0) is 6.92 Å². The first-order valence-electron chi connectivity index (χ1n) is 5.56. The molecule has 1 aliphatic heterocycles. The lowest BCUT2D eigenvalue weighted by molar-refractivity contribution is 0.245. The molecule has 1 aliphatic rings. The molecule has 0 unspecified atom stereocenters. The molecular weight excluding hydrogens is 256 g/mol. The number of aromatic amines is 1. The van der Waals surface area contributed by atoms with Crippen LogP contribution in [0.4, 0.5) is 0 Å².